The van der Waals surface area contributed by atoms with Crippen LogP contribution in [0.1, 0.15) is 5.56 Å². The van der Waals surface area contributed by atoms with E-state index in [1.54, 1.807) is 11.9 Å². The largest absolute Gasteiger partial charge is 0.344 e. The first-order valence-corrected chi connectivity index (χ1v) is 6.57. The van der Waals surface area contributed by atoms with Crippen molar-refractivity contribution in [2.75, 3.05) is 27.2 Å². The lowest BCUT2D eigenvalue weighted by molar-refractivity contribution is -0.128. The number of hydrogen-bond donors (Lipinski definition) is 1. The summed E-state index contributed by atoms with van der Waals surface area (Å²) >= 11 is 0. The summed E-state index contributed by atoms with van der Waals surface area (Å²) in [6.45, 7) is 1.14. The Morgan fingerprint density at radius 2 is 1.85 bits per heavy atom. The fourth-order valence-electron chi connectivity index (χ4n) is 2.21. The van der Waals surface area contributed by atoms with Crippen LogP contribution in [0.2, 0.25) is 0 Å². The van der Waals surface area contributed by atoms with Gasteiger partial charge >= 0.3 is 0 Å². The number of fused-ring (bicyclic) bond motifs is 1. The molecule has 0 aromatic heterocycles. The Bertz CT molecular complexity index is 566. The van der Waals surface area contributed by atoms with Gasteiger partial charge in [0, 0.05) is 13.6 Å². The Balaban J connectivity index is 0.00000200. The lowest BCUT2D eigenvalue weighted by Gasteiger charge is -2.17. The summed E-state index contributed by atoms with van der Waals surface area (Å²) in [5.41, 5.74) is 1.29. The third-order valence-corrected chi connectivity index (χ3v) is 3.35. The number of benzene rings is 2. The molecule has 0 saturated heterocycles. The molecule has 0 aliphatic carbocycles. The maximum Gasteiger partial charge on any atom is 0.236 e. The van der Waals surface area contributed by atoms with Crippen molar-refractivity contribution in [1.29, 1.82) is 0 Å². The molecule has 108 valence electrons. The van der Waals surface area contributed by atoms with Gasteiger partial charge in [0.1, 0.15) is 0 Å². The van der Waals surface area contributed by atoms with Crippen molar-refractivity contribution >= 4 is 29.1 Å². The highest BCUT2D eigenvalue weighted by molar-refractivity contribution is 5.86. The summed E-state index contributed by atoms with van der Waals surface area (Å²) in [4.78, 5) is 13.5. The van der Waals surface area contributed by atoms with Crippen molar-refractivity contribution < 1.29 is 4.79 Å². The van der Waals surface area contributed by atoms with E-state index in [1.807, 2.05) is 7.05 Å². The fraction of sp³-hybridized carbons (Fsp3) is 0.312. The second kappa shape index (κ2) is 7.88. The number of halogens is 1. The number of carbonyl (C=O) groups is 1. The van der Waals surface area contributed by atoms with Crippen molar-refractivity contribution in [3.05, 3.63) is 48.0 Å². The van der Waals surface area contributed by atoms with Crippen LogP contribution in [0.3, 0.4) is 0 Å². The van der Waals surface area contributed by atoms with Gasteiger partial charge in [0.25, 0.3) is 0 Å². The smallest absolute Gasteiger partial charge is 0.236 e. The van der Waals surface area contributed by atoms with Crippen molar-refractivity contribution in [3.8, 4) is 0 Å². The molecule has 0 aliphatic rings. The molecule has 4 heteroatoms. The molecule has 1 N–H and O–H groups in total. The van der Waals surface area contributed by atoms with Gasteiger partial charge in [0.05, 0.1) is 6.54 Å². The molecular formula is C16H21ClN2O. The van der Waals surface area contributed by atoms with Gasteiger partial charge in [-0.25, -0.2) is 0 Å². The van der Waals surface area contributed by atoms with Crippen LogP contribution < -0.4 is 5.32 Å². The van der Waals surface area contributed by atoms with Crippen molar-refractivity contribution in [1.82, 2.24) is 10.2 Å². The molecular weight excluding hydrogens is 272 g/mol. The second-order valence-electron chi connectivity index (χ2n) is 4.73. The molecule has 2 aromatic rings. The quantitative estimate of drug-likeness (QED) is 0.918. The van der Waals surface area contributed by atoms with Crippen molar-refractivity contribution in [3.63, 3.8) is 0 Å². The minimum Gasteiger partial charge on any atom is -0.344 e. The first kappa shape index (κ1) is 16.5. The zero-order chi connectivity index (χ0) is 13.7. The standard InChI is InChI=1S/C16H20N2O.ClH/c1-17-12-16(19)18(2)11-10-14-8-5-7-13-6-3-4-9-15(13)14;/h3-9,17H,10-12H2,1-2H3;1H. The Hall–Kier alpha value is -1.58. The van der Waals surface area contributed by atoms with Gasteiger partial charge in [0.2, 0.25) is 5.91 Å². The maximum absolute atomic E-state index is 11.7. The number of likely N-dealkylation sites (N-methyl/N-ethyl adjacent to an activating group) is 2. The zero-order valence-corrected chi connectivity index (χ0v) is 12.7. The molecule has 0 fully saturated rings. The predicted molar refractivity (Wildman–Crippen MR) is 86.5 cm³/mol. The first-order valence-electron chi connectivity index (χ1n) is 6.57. The molecule has 20 heavy (non-hydrogen) atoms. The van der Waals surface area contributed by atoms with Gasteiger partial charge in [-0.3, -0.25) is 4.79 Å². The predicted octanol–water partition coefficient (Wildman–Crippen LogP) is 2.48. The molecule has 0 radical (unpaired) electrons. The molecule has 0 unspecified atom stereocenters. The molecule has 1 amide bonds. The summed E-state index contributed by atoms with van der Waals surface area (Å²) in [6.07, 6.45) is 0.882. The van der Waals surface area contributed by atoms with E-state index in [-0.39, 0.29) is 18.3 Å². The van der Waals surface area contributed by atoms with E-state index in [1.165, 1.54) is 16.3 Å². The summed E-state index contributed by atoms with van der Waals surface area (Å²) in [5, 5.41) is 5.42. The Morgan fingerprint density at radius 1 is 1.15 bits per heavy atom. The van der Waals surface area contributed by atoms with E-state index in [0.29, 0.717) is 6.54 Å². The van der Waals surface area contributed by atoms with Crippen LogP contribution in [0.25, 0.3) is 10.8 Å². The SMILES string of the molecule is CNCC(=O)N(C)CCc1cccc2ccccc12.Cl. The third-order valence-electron chi connectivity index (χ3n) is 3.35. The molecule has 2 aromatic carbocycles. The molecule has 0 saturated carbocycles. The maximum atomic E-state index is 11.7. The Labute approximate surface area is 126 Å². The summed E-state index contributed by atoms with van der Waals surface area (Å²) in [5.74, 6) is 0.128. The molecule has 2 rings (SSSR count). The number of hydrogen-bond acceptors (Lipinski definition) is 2. The van der Waals surface area contributed by atoms with Crippen molar-refractivity contribution in [2.24, 2.45) is 0 Å². The van der Waals surface area contributed by atoms with Gasteiger partial charge in [-0.15, -0.1) is 12.4 Å². The molecule has 0 heterocycles. The van der Waals surface area contributed by atoms with Gasteiger partial charge in [-0.05, 0) is 29.8 Å². The van der Waals surface area contributed by atoms with Crippen LogP contribution >= 0.6 is 12.4 Å². The monoisotopic (exact) mass is 292 g/mol. The minimum absolute atomic E-state index is 0. The van der Waals surface area contributed by atoms with Crippen LogP contribution in [-0.4, -0.2) is 38.0 Å². The van der Waals surface area contributed by atoms with Crippen LogP contribution in [0, 0.1) is 0 Å². The average Bonchev–Trinajstić information content (AvgIpc) is 2.45. The second-order valence-corrected chi connectivity index (χ2v) is 4.73. The highest BCUT2D eigenvalue weighted by Gasteiger charge is 2.08. The van der Waals surface area contributed by atoms with Gasteiger partial charge in [0.15, 0.2) is 0 Å². The van der Waals surface area contributed by atoms with E-state index in [9.17, 15) is 4.79 Å². The number of amides is 1. The fourth-order valence-corrected chi connectivity index (χ4v) is 2.21. The van der Waals surface area contributed by atoms with Gasteiger partial charge in [-0.2, -0.15) is 0 Å². The molecule has 0 spiro atoms. The lowest BCUT2D eigenvalue weighted by Crippen LogP contribution is -2.35. The highest BCUT2D eigenvalue weighted by atomic mass is 35.5. The van der Waals surface area contributed by atoms with Gasteiger partial charge < -0.3 is 10.2 Å². The molecule has 0 atom stereocenters. The summed E-state index contributed by atoms with van der Waals surface area (Å²) in [7, 11) is 3.64. The third kappa shape index (κ3) is 3.95. The number of nitrogens with one attached hydrogen (secondary N) is 1. The molecule has 0 aliphatic heterocycles. The van der Waals surface area contributed by atoms with Crippen LogP contribution in [0.5, 0.6) is 0 Å². The van der Waals surface area contributed by atoms with E-state index >= 15 is 0 Å². The average molecular weight is 293 g/mol. The van der Waals surface area contributed by atoms with E-state index in [0.717, 1.165) is 13.0 Å². The Morgan fingerprint density at radius 3 is 2.60 bits per heavy atom. The molecule has 3 nitrogen and oxygen atoms in total. The number of rotatable bonds is 5. The van der Waals surface area contributed by atoms with Gasteiger partial charge in [-0.1, -0.05) is 42.5 Å². The van der Waals surface area contributed by atoms with Crippen molar-refractivity contribution in [2.45, 2.75) is 6.42 Å². The van der Waals surface area contributed by atoms with E-state index in [4.69, 9.17) is 0 Å². The highest BCUT2D eigenvalue weighted by Crippen LogP contribution is 2.18. The number of nitrogens with zero attached hydrogens (tertiary/aromatic N) is 1. The van der Waals surface area contributed by atoms with Crippen LogP contribution in [0.4, 0.5) is 0 Å². The summed E-state index contributed by atoms with van der Waals surface area (Å²) < 4.78 is 0. The number of carbonyl (C=O) groups excluding carboxylic acids is 1. The lowest BCUT2D eigenvalue weighted by atomic mass is 10.0. The Kier molecular flexibility index (Phi) is 6.49. The van der Waals surface area contributed by atoms with E-state index in [2.05, 4.69) is 47.8 Å². The van der Waals surface area contributed by atoms with Crippen LogP contribution in [-0.2, 0) is 11.2 Å². The van der Waals surface area contributed by atoms with E-state index < -0.39 is 0 Å². The normalized spacial score (nSPS) is 10.1. The topological polar surface area (TPSA) is 32.3 Å². The first-order chi connectivity index (χ1) is 9.22. The zero-order valence-electron chi connectivity index (χ0n) is 11.9. The molecule has 0 bridgehead atoms. The minimum atomic E-state index is 0. The van der Waals surface area contributed by atoms with Crippen LogP contribution in [0.15, 0.2) is 42.5 Å². The summed E-state index contributed by atoms with van der Waals surface area (Å²) in [6, 6.07) is 14.7.